The van der Waals surface area contributed by atoms with Gasteiger partial charge in [0.2, 0.25) is 11.8 Å². The highest BCUT2D eigenvalue weighted by atomic mass is 16.2. The molecule has 2 saturated heterocycles. The second kappa shape index (κ2) is 6.54. The van der Waals surface area contributed by atoms with Crippen molar-refractivity contribution in [2.24, 2.45) is 5.92 Å². The van der Waals surface area contributed by atoms with Gasteiger partial charge in [-0.2, -0.15) is 0 Å². The lowest BCUT2D eigenvalue weighted by Crippen LogP contribution is -2.35. The summed E-state index contributed by atoms with van der Waals surface area (Å²) in [4.78, 5) is 32.0. The molecule has 2 aromatic rings. The molecule has 0 aliphatic carbocycles. The van der Waals surface area contributed by atoms with E-state index in [4.69, 9.17) is 0 Å². The lowest BCUT2D eigenvalue weighted by atomic mass is 10.1. The number of likely N-dealkylation sites (tertiary alicyclic amines) is 2. The van der Waals surface area contributed by atoms with Crippen molar-refractivity contribution in [3.8, 4) is 0 Å². The molecule has 2 aliphatic rings. The summed E-state index contributed by atoms with van der Waals surface area (Å²) < 4.78 is 0. The van der Waals surface area contributed by atoms with Crippen LogP contribution in [0.3, 0.4) is 0 Å². The number of nitrogens with one attached hydrogen (secondary N) is 1. The van der Waals surface area contributed by atoms with Gasteiger partial charge in [-0.25, -0.2) is 0 Å². The summed E-state index contributed by atoms with van der Waals surface area (Å²) in [6.45, 7) is 5.07. The summed E-state index contributed by atoms with van der Waals surface area (Å²) in [5.41, 5.74) is 3.61. The highest BCUT2D eigenvalue weighted by molar-refractivity contribution is 5.89. The molecule has 0 bridgehead atoms. The molecule has 0 radical (unpaired) electrons. The van der Waals surface area contributed by atoms with E-state index < -0.39 is 0 Å². The fraction of sp³-hybridized carbons (Fsp3) is 0.500. The Balaban J connectivity index is 1.40. The number of nitrogens with zero attached hydrogens (tertiary/aromatic N) is 2. The topological polar surface area (TPSA) is 56.4 Å². The van der Waals surface area contributed by atoms with Crippen molar-refractivity contribution in [3.63, 3.8) is 0 Å². The van der Waals surface area contributed by atoms with Crippen LogP contribution in [0.1, 0.15) is 30.4 Å². The minimum atomic E-state index is -0.143. The van der Waals surface area contributed by atoms with Gasteiger partial charge in [0.1, 0.15) is 0 Å². The third-order valence-corrected chi connectivity index (χ3v) is 5.56. The molecule has 0 saturated carbocycles. The van der Waals surface area contributed by atoms with Crippen LogP contribution in [0.2, 0.25) is 0 Å². The summed E-state index contributed by atoms with van der Waals surface area (Å²) in [5, 5.41) is 1.23. The van der Waals surface area contributed by atoms with Gasteiger partial charge in [0.15, 0.2) is 0 Å². The van der Waals surface area contributed by atoms with Crippen LogP contribution >= 0.6 is 0 Å². The molecule has 1 unspecified atom stereocenters. The number of aryl methyl sites for hydroxylation is 1. The number of amides is 2. The first-order valence-corrected chi connectivity index (χ1v) is 9.25. The van der Waals surface area contributed by atoms with Crippen molar-refractivity contribution in [1.82, 2.24) is 14.8 Å². The molecule has 5 nitrogen and oxygen atoms in total. The molecule has 25 heavy (non-hydrogen) atoms. The summed E-state index contributed by atoms with van der Waals surface area (Å²) in [7, 11) is 0. The number of hydrogen-bond donors (Lipinski definition) is 1. The van der Waals surface area contributed by atoms with Crippen LogP contribution in [0.15, 0.2) is 24.4 Å². The molecule has 1 atom stereocenters. The van der Waals surface area contributed by atoms with Crippen LogP contribution in [0.25, 0.3) is 10.9 Å². The standard InChI is InChI=1S/C20H25N3O2/c1-14-4-5-18-17(10-14)15(12-21-18)6-9-23-13-16(11-19(23)24)20(25)22-7-2-3-8-22/h4-5,10,12,16,21H,2-3,6-9,11,13H2,1H3. The zero-order valence-corrected chi connectivity index (χ0v) is 14.8. The maximum Gasteiger partial charge on any atom is 0.227 e. The first-order valence-electron chi connectivity index (χ1n) is 9.25. The zero-order chi connectivity index (χ0) is 17.4. The van der Waals surface area contributed by atoms with Gasteiger partial charge >= 0.3 is 0 Å². The maximum absolute atomic E-state index is 12.5. The molecule has 1 aromatic heterocycles. The Bertz CT molecular complexity index is 804. The molecule has 1 aromatic carbocycles. The first-order chi connectivity index (χ1) is 12.1. The lowest BCUT2D eigenvalue weighted by molar-refractivity contribution is -0.134. The summed E-state index contributed by atoms with van der Waals surface area (Å²) >= 11 is 0. The number of carbonyl (C=O) groups excluding carboxylic acids is 2. The number of aromatic nitrogens is 1. The Labute approximate surface area is 148 Å². The van der Waals surface area contributed by atoms with Crippen LogP contribution in [0.5, 0.6) is 0 Å². The summed E-state index contributed by atoms with van der Waals surface area (Å²) in [6, 6.07) is 6.38. The Kier molecular flexibility index (Phi) is 4.24. The van der Waals surface area contributed by atoms with E-state index in [9.17, 15) is 9.59 Å². The van der Waals surface area contributed by atoms with E-state index in [0.29, 0.717) is 19.5 Å². The van der Waals surface area contributed by atoms with Crippen molar-refractivity contribution >= 4 is 22.7 Å². The summed E-state index contributed by atoms with van der Waals surface area (Å²) in [6.07, 6.45) is 5.42. The third-order valence-electron chi connectivity index (χ3n) is 5.56. The predicted molar refractivity (Wildman–Crippen MR) is 97.2 cm³/mol. The number of carbonyl (C=O) groups is 2. The highest BCUT2D eigenvalue weighted by Crippen LogP contribution is 2.24. The second-order valence-electron chi connectivity index (χ2n) is 7.39. The molecule has 3 heterocycles. The Morgan fingerprint density at radius 3 is 2.88 bits per heavy atom. The smallest absolute Gasteiger partial charge is 0.227 e. The van der Waals surface area contributed by atoms with Crippen molar-refractivity contribution in [2.45, 2.75) is 32.6 Å². The fourth-order valence-corrected chi connectivity index (χ4v) is 4.10. The van der Waals surface area contributed by atoms with E-state index in [0.717, 1.165) is 37.9 Å². The minimum Gasteiger partial charge on any atom is -0.361 e. The van der Waals surface area contributed by atoms with E-state index >= 15 is 0 Å². The van der Waals surface area contributed by atoms with E-state index in [1.807, 2.05) is 16.0 Å². The maximum atomic E-state index is 12.5. The molecule has 4 rings (SSSR count). The van der Waals surface area contributed by atoms with Crippen molar-refractivity contribution < 1.29 is 9.59 Å². The normalized spacial score (nSPS) is 20.8. The quantitative estimate of drug-likeness (QED) is 0.930. The number of aromatic amines is 1. The molecule has 2 aliphatic heterocycles. The first kappa shape index (κ1) is 16.2. The SMILES string of the molecule is Cc1ccc2[nH]cc(CCN3CC(C(=O)N4CCCC4)CC3=O)c2c1. The van der Waals surface area contributed by atoms with Gasteiger partial charge in [-0.3, -0.25) is 9.59 Å². The van der Waals surface area contributed by atoms with Gasteiger partial charge in [-0.1, -0.05) is 11.6 Å². The lowest BCUT2D eigenvalue weighted by Gasteiger charge is -2.20. The number of rotatable bonds is 4. The molecule has 5 heteroatoms. The largest absolute Gasteiger partial charge is 0.361 e. The van der Waals surface area contributed by atoms with Gasteiger partial charge in [0.25, 0.3) is 0 Å². The average molecular weight is 339 g/mol. The minimum absolute atomic E-state index is 0.119. The van der Waals surface area contributed by atoms with E-state index in [1.54, 1.807) is 0 Å². The monoisotopic (exact) mass is 339 g/mol. The second-order valence-corrected chi connectivity index (χ2v) is 7.39. The zero-order valence-electron chi connectivity index (χ0n) is 14.8. The van der Waals surface area contributed by atoms with Crippen LogP contribution in [0, 0.1) is 12.8 Å². The van der Waals surface area contributed by atoms with Crippen LogP contribution in [-0.4, -0.2) is 52.8 Å². The molecule has 0 spiro atoms. The Morgan fingerprint density at radius 2 is 2.08 bits per heavy atom. The van der Waals surface area contributed by atoms with Crippen molar-refractivity contribution in [2.75, 3.05) is 26.2 Å². The number of hydrogen-bond acceptors (Lipinski definition) is 2. The summed E-state index contributed by atoms with van der Waals surface area (Å²) in [5.74, 6) is 0.153. The Hall–Kier alpha value is -2.30. The van der Waals surface area contributed by atoms with E-state index in [1.165, 1.54) is 16.5 Å². The number of benzene rings is 1. The number of H-pyrrole nitrogens is 1. The Morgan fingerprint density at radius 1 is 1.28 bits per heavy atom. The van der Waals surface area contributed by atoms with Gasteiger partial charge in [0, 0.05) is 49.7 Å². The van der Waals surface area contributed by atoms with Crippen LogP contribution < -0.4 is 0 Å². The number of fused-ring (bicyclic) bond motifs is 1. The third kappa shape index (κ3) is 3.15. The molecule has 1 N–H and O–H groups in total. The average Bonchev–Trinajstić information content (AvgIpc) is 3.32. The van der Waals surface area contributed by atoms with Gasteiger partial charge < -0.3 is 14.8 Å². The van der Waals surface area contributed by atoms with Crippen LogP contribution in [-0.2, 0) is 16.0 Å². The molecular weight excluding hydrogens is 314 g/mol. The van der Waals surface area contributed by atoms with E-state index in [-0.39, 0.29) is 17.7 Å². The van der Waals surface area contributed by atoms with Crippen molar-refractivity contribution in [1.29, 1.82) is 0 Å². The predicted octanol–water partition coefficient (Wildman–Crippen LogP) is 2.49. The van der Waals surface area contributed by atoms with Gasteiger partial charge in [0.05, 0.1) is 5.92 Å². The highest BCUT2D eigenvalue weighted by Gasteiger charge is 2.36. The molecular formula is C20H25N3O2. The van der Waals surface area contributed by atoms with Gasteiger partial charge in [-0.15, -0.1) is 0 Å². The van der Waals surface area contributed by atoms with Gasteiger partial charge in [-0.05, 0) is 43.9 Å². The molecule has 2 fully saturated rings. The van der Waals surface area contributed by atoms with E-state index in [2.05, 4.69) is 30.1 Å². The molecule has 132 valence electrons. The van der Waals surface area contributed by atoms with Crippen molar-refractivity contribution in [3.05, 3.63) is 35.5 Å². The van der Waals surface area contributed by atoms with Crippen LogP contribution in [0.4, 0.5) is 0 Å². The molecule has 2 amide bonds. The fourth-order valence-electron chi connectivity index (χ4n) is 4.10.